The number of rotatable bonds is 6. The first kappa shape index (κ1) is 12.6. The Kier molecular flexibility index (Phi) is 5.25. The monoisotopic (exact) mass is 245 g/mol. The molecule has 15 heavy (non-hydrogen) atoms. The van der Waals surface area contributed by atoms with Crippen LogP contribution in [0.2, 0.25) is 0 Å². The van der Waals surface area contributed by atoms with E-state index in [-0.39, 0.29) is 0 Å². The number of aromatic amines is 1. The van der Waals surface area contributed by atoms with Crippen molar-refractivity contribution < 1.29 is 0 Å². The van der Waals surface area contributed by atoms with Gasteiger partial charge in [-0.3, -0.25) is 5.10 Å². The van der Waals surface area contributed by atoms with Crippen LogP contribution in [0.25, 0.3) is 0 Å². The molecule has 0 aromatic carbocycles. The lowest BCUT2D eigenvalue weighted by molar-refractivity contribution is 0.622. The average molecular weight is 245 g/mol. The molecule has 0 aliphatic heterocycles. The van der Waals surface area contributed by atoms with Gasteiger partial charge in [0, 0.05) is 12.6 Å². The van der Waals surface area contributed by atoms with Crippen molar-refractivity contribution in [2.45, 2.75) is 46.1 Å². The predicted molar refractivity (Wildman–Crippen MR) is 69.3 cm³/mol. The number of hydrogen-bond donors (Lipinski definition) is 1. The molecule has 0 spiro atoms. The molecule has 0 saturated carbocycles. The summed E-state index contributed by atoms with van der Waals surface area (Å²) in [6, 6.07) is 0.482. The van der Waals surface area contributed by atoms with Crippen molar-refractivity contribution in [3.8, 4) is 0 Å². The van der Waals surface area contributed by atoms with Gasteiger partial charge in [0.1, 0.15) is 0 Å². The van der Waals surface area contributed by atoms with Crippen LogP contribution in [0.3, 0.4) is 0 Å². The molecule has 0 atom stereocenters. The normalized spacial score (nSPS) is 10.9. The lowest BCUT2D eigenvalue weighted by Crippen LogP contribution is -2.31. The second kappa shape index (κ2) is 6.23. The van der Waals surface area contributed by atoms with Crippen molar-refractivity contribution in [2.24, 2.45) is 0 Å². The van der Waals surface area contributed by atoms with Crippen molar-refractivity contribution in [1.29, 1.82) is 0 Å². The van der Waals surface area contributed by atoms with Crippen LogP contribution in [0.4, 0.5) is 5.13 Å². The summed E-state index contributed by atoms with van der Waals surface area (Å²) in [6.45, 7) is 7.67. The van der Waals surface area contributed by atoms with E-state index < -0.39 is 0 Å². The Bertz CT molecular complexity index is 329. The molecule has 1 aromatic rings. The maximum absolute atomic E-state index is 5.05. The highest BCUT2D eigenvalue weighted by Gasteiger charge is 2.12. The first-order valence-electron chi connectivity index (χ1n) is 5.47. The van der Waals surface area contributed by atoms with Crippen LogP contribution >= 0.6 is 23.6 Å². The highest BCUT2D eigenvalue weighted by molar-refractivity contribution is 7.73. The topological polar surface area (TPSA) is 31.9 Å². The van der Waals surface area contributed by atoms with Crippen molar-refractivity contribution in [1.82, 2.24) is 10.2 Å². The predicted octanol–water partition coefficient (Wildman–Crippen LogP) is 3.61. The molecule has 5 heteroatoms. The largest absolute Gasteiger partial charge is 0.344 e. The number of unbranched alkanes of at least 4 members (excludes halogenated alkanes) is 2. The van der Waals surface area contributed by atoms with E-state index in [1.54, 1.807) is 11.3 Å². The van der Waals surface area contributed by atoms with Crippen LogP contribution in [0.1, 0.15) is 40.0 Å². The molecule has 1 aromatic heterocycles. The van der Waals surface area contributed by atoms with Gasteiger partial charge in [-0.05, 0) is 32.5 Å². The second-order valence-electron chi connectivity index (χ2n) is 3.89. The Morgan fingerprint density at radius 2 is 2.20 bits per heavy atom. The van der Waals surface area contributed by atoms with Gasteiger partial charge in [-0.2, -0.15) is 0 Å². The average Bonchev–Trinajstić information content (AvgIpc) is 2.59. The van der Waals surface area contributed by atoms with Crippen molar-refractivity contribution in [3.63, 3.8) is 0 Å². The summed E-state index contributed by atoms with van der Waals surface area (Å²) in [7, 11) is 0. The van der Waals surface area contributed by atoms with Crippen LogP contribution in [0.15, 0.2) is 0 Å². The number of H-pyrrole nitrogens is 1. The van der Waals surface area contributed by atoms with Gasteiger partial charge in [-0.25, -0.2) is 0 Å². The number of anilines is 1. The van der Waals surface area contributed by atoms with E-state index in [0.29, 0.717) is 6.04 Å². The summed E-state index contributed by atoms with van der Waals surface area (Å²) in [5.41, 5.74) is 0. The minimum absolute atomic E-state index is 0.482. The number of nitrogens with one attached hydrogen (secondary N) is 1. The highest BCUT2D eigenvalue weighted by Crippen LogP contribution is 2.20. The maximum atomic E-state index is 5.05. The van der Waals surface area contributed by atoms with E-state index in [9.17, 15) is 0 Å². The standard InChI is InChI=1S/C10H19N3S2/c1-4-5-6-7-13(8(2)3)9-11-12-10(14)15-9/h8H,4-7H2,1-3H3,(H,12,14). The van der Waals surface area contributed by atoms with Gasteiger partial charge in [-0.1, -0.05) is 31.1 Å². The molecule has 0 saturated heterocycles. The zero-order valence-corrected chi connectivity index (χ0v) is 11.2. The molecule has 0 bridgehead atoms. The molecule has 0 unspecified atom stereocenters. The number of aromatic nitrogens is 2. The molecule has 1 N–H and O–H groups in total. The third-order valence-electron chi connectivity index (χ3n) is 2.30. The molecule has 0 amide bonds. The fraction of sp³-hybridized carbons (Fsp3) is 0.800. The Morgan fingerprint density at radius 3 is 2.67 bits per heavy atom. The summed E-state index contributed by atoms with van der Waals surface area (Å²) >= 11 is 6.60. The highest BCUT2D eigenvalue weighted by atomic mass is 32.1. The van der Waals surface area contributed by atoms with E-state index in [4.69, 9.17) is 12.2 Å². The second-order valence-corrected chi connectivity index (χ2v) is 5.53. The Hall–Kier alpha value is -0.420. The van der Waals surface area contributed by atoms with Crippen LogP contribution in [-0.4, -0.2) is 22.8 Å². The molecule has 0 aliphatic carbocycles. The van der Waals surface area contributed by atoms with Gasteiger partial charge in [0.15, 0.2) is 3.95 Å². The molecule has 0 fully saturated rings. The molecule has 86 valence electrons. The zero-order valence-electron chi connectivity index (χ0n) is 9.62. The minimum Gasteiger partial charge on any atom is -0.344 e. The summed E-state index contributed by atoms with van der Waals surface area (Å²) in [5, 5.41) is 8.09. The Labute approximate surface area is 101 Å². The molecule has 1 rings (SSSR count). The first-order valence-corrected chi connectivity index (χ1v) is 6.69. The zero-order chi connectivity index (χ0) is 11.3. The van der Waals surface area contributed by atoms with Gasteiger partial charge in [0.05, 0.1) is 0 Å². The third kappa shape index (κ3) is 3.91. The molecule has 3 nitrogen and oxygen atoms in total. The van der Waals surface area contributed by atoms with Gasteiger partial charge < -0.3 is 4.90 Å². The van der Waals surface area contributed by atoms with E-state index >= 15 is 0 Å². The Balaban J connectivity index is 2.62. The number of nitrogens with zero attached hydrogens (tertiary/aromatic N) is 2. The molecular formula is C10H19N3S2. The van der Waals surface area contributed by atoms with Crippen LogP contribution in [0, 0.1) is 3.95 Å². The quantitative estimate of drug-likeness (QED) is 0.614. The van der Waals surface area contributed by atoms with E-state index in [2.05, 4.69) is 35.9 Å². The summed E-state index contributed by atoms with van der Waals surface area (Å²) in [5.74, 6) is 0. The maximum Gasteiger partial charge on any atom is 0.207 e. The minimum atomic E-state index is 0.482. The molecular weight excluding hydrogens is 226 g/mol. The van der Waals surface area contributed by atoms with Crippen LogP contribution < -0.4 is 4.90 Å². The number of hydrogen-bond acceptors (Lipinski definition) is 4. The molecule has 0 aliphatic rings. The first-order chi connectivity index (χ1) is 7.15. The van der Waals surface area contributed by atoms with E-state index in [1.165, 1.54) is 19.3 Å². The molecule has 1 heterocycles. The fourth-order valence-electron chi connectivity index (χ4n) is 1.45. The van der Waals surface area contributed by atoms with Crippen molar-refractivity contribution in [3.05, 3.63) is 3.95 Å². The summed E-state index contributed by atoms with van der Waals surface area (Å²) in [4.78, 5) is 2.31. The van der Waals surface area contributed by atoms with Gasteiger partial charge in [0.25, 0.3) is 0 Å². The summed E-state index contributed by atoms with van der Waals surface area (Å²) < 4.78 is 0.756. The van der Waals surface area contributed by atoms with Crippen molar-refractivity contribution in [2.75, 3.05) is 11.4 Å². The van der Waals surface area contributed by atoms with Gasteiger partial charge >= 0.3 is 0 Å². The Morgan fingerprint density at radius 1 is 1.47 bits per heavy atom. The SMILES string of the molecule is CCCCCN(c1n[nH]c(=S)s1)C(C)C. The smallest absolute Gasteiger partial charge is 0.207 e. The summed E-state index contributed by atoms with van der Waals surface area (Å²) in [6.07, 6.45) is 3.75. The van der Waals surface area contributed by atoms with E-state index in [0.717, 1.165) is 15.6 Å². The van der Waals surface area contributed by atoms with Crippen LogP contribution in [0.5, 0.6) is 0 Å². The van der Waals surface area contributed by atoms with E-state index in [1.807, 2.05) is 0 Å². The lowest BCUT2D eigenvalue weighted by Gasteiger charge is -2.25. The fourth-order valence-corrected chi connectivity index (χ4v) is 2.49. The van der Waals surface area contributed by atoms with Crippen molar-refractivity contribution >= 4 is 28.7 Å². The molecule has 0 radical (unpaired) electrons. The van der Waals surface area contributed by atoms with Gasteiger partial charge in [-0.15, -0.1) is 5.10 Å². The lowest BCUT2D eigenvalue weighted by atomic mass is 10.2. The van der Waals surface area contributed by atoms with Gasteiger partial charge in [0.2, 0.25) is 5.13 Å². The van der Waals surface area contributed by atoms with Crippen LogP contribution in [-0.2, 0) is 0 Å². The third-order valence-corrected chi connectivity index (χ3v) is 3.42.